The molecule has 0 radical (unpaired) electrons. The molecule has 0 saturated heterocycles. The maximum Gasteiger partial charge on any atom is 0.231 e. The average Bonchev–Trinajstić information content (AvgIpc) is 3.04. The molecular formula is C15H19N3O2. The number of ether oxygens (including phenoxy) is 1. The van der Waals surface area contributed by atoms with Crippen molar-refractivity contribution in [2.45, 2.75) is 32.3 Å². The van der Waals surface area contributed by atoms with Gasteiger partial charge >= 0.3 is 0 Å². The van der Waals surface area contributed by atoms with Crippen molar-refractivity contribution in [1.82, 2.24) is 10.1 Å². The molecule has 1 aromatic carbocycles. The van der Waals surface area contributed by atoms with E-state index in [1.54, 1.807) is 0 Å². The van der Waals surface area contributed by atoms with Crippen molar-refractivity contribution in [3.63, 3.8) is 0 Å². The molecule has 5 heteroatoms. The van der Waals surface area contributed by atoms with Gasteiger partial charge in [0, 0.05) is 13.0 Å². The molecule has 2 N–H and O–H groups in total. The number of aromatic nitrogens is 2. The van der Waals surface area contributed by atoms with E-state index in [-0.39, 0.29) is 12.0 Å². The van der Waals surface area contributed by atoms with Gasteiger partial charge in [-0.25, -0.2) is 0 Å². The first-order valence-corrected chi connectivity index (χ1v) is 6.97. The number of benzene rings is 1. The molecule has 0 amide bonds. The van der Waals surface area contributed by atoms with Crippen LogP contribution in [0.15, 0.2) is 28.8 Å². The molecule has 106 valence electrons. The fraction of sp³-hybridized carbons (Fsp3) is 0.467. The number of fused-ring (bicyclic) bond motifs is 1. The second kappa shape index (κ2) is 5.25. The van der Waals surface area contributed by atoms with E-state index in [2.05, 4.69) is 30.1 Å². The van der Waals surface area contributed by atoms with Crippen molar-refractivity contribution in [3.8, 4) is 5.75 Å². The third-order valence-corrected chi connectivity index (χ3v) is 3.77. The van der Waals surface area contributed by atoms with Crippen LogP contribution in [0.3, 0.4) is 0 Å². The van der Waals surface area contributed by atoms with Crippen molar-refractivity contribution < 1.29 is 9.26 Å². The summed E-state index contributed by atoms with van der Waals surface area (Å²) >= 11 is 0. The maximum absolute atomic E-state index is 5.86. The number of para-hydroxylation sites is 1. The lowest BCUT2D eigenvalue weighted by Gasteiger charge is -2.13. The first-order chi connectivity index (χ1) is 9.69. The number of rotatable bonds is 4. The number of hydrogen-bond acceptors (Lipinski definition) is 5. The van der Waals surface area contributed by atoms with E-state index in [4.69, 9.17) is 15.0 Å². The zero-order chi connectivity index (χ0) is 14.1. The molecule has 0 aliphatic carbocycles. The molecule has 1 aliphatic heterocycles. The molecule has 2 unspecified atom stereocenters. The average molecular weight is 273 g/mol. The minimum atomic E-state index is -0.157. The van der Waals surface area contributed by atoms with E-state index in [1.165, 1.54) is 5.56 Å². The number of nitrogens with two attached hydrogens (primary N) is 1. The molecule has 1 aromatic heterocycles. The molecule has 0 saturated carbocycles. The van der Waals surface area contributed by atoms with Crippen LogP contribution in [0.2, 0.25) is 0 Å². The fourth-order valence-electron chi connectivity index (χ4n) is 2.51. The Morgan fingerprint density at radius 3 is 2.85 bits per heavy atom. The lowest BCUT2D eigenvalue weighted by molar-refractivity contribution is 0.220. The Balaban J connectivity index is 1.79. The van der Waals surface area contributed by atoms with Crippen LogP contribution < -0.4 is 10.5 Å². The molecule has 20 heavy (non-hydrogen) atoms. The summed E-state index contributed by atoms with van der Waals surface area (Å²) in [5.41, 5.74) is 6.96. The molecule has 0 fully saturated rings. The van der Waals surface area contributed by atoms with Gasteiger partial charge in [-0.2, -0.15) is 4.98 Å². The van der Waals surface area contributed by atoms with Gasteiger partial charge in [-0.1, -0.05) is 37.2 Å². The predicted octanol–water partition coefficient (Wildman–Crippen LogP) is 2.44. The van der Waals surface area contributed by atoms with Crippen molar-refractivity contribution in [1.29, 1.82) is 0 Å². The van der Waals surface area contributed by atoms with E-state index < -0.39 is 0 Å². The summed E-state index contributed by atoms with van der Waals surface area (Å²) in [6, 6.07) is 8.00. The van der Waals surface area contributed by atoms with Gasteiger partial charge < -0.3 is 15.0 Å². The minimum Gasteiger partial charge on any atom is -0.482 e. The quantitative estimate of drug-likeness (QED) is 0.926. The maximum atomic E-state index is 5.86. The minimum absolute atomic E-state index is 0.0972. The van der Waals surface area contributed by atoms with Gasteiger partial charge in [-0.15, -0.1) is 0 Å². The molecule has 0 bridgehead atoms. The van der Waals surface area contributed by atoms with Crippen LogP contribution in [-0.4, -0.2) is 16.7 Å². The monoisotopic (exact) mass is 273 g/mol. The Hall–Kier alpha value is -1.88. The highest BCUT2D eigenvalue weighted by Gasteiger charge is 2.30. The van der Waals surface area contributed by atoms with Crippen molar-refractivity contribution in [2.75, 3.05) is 6.54 Å². The standard InChI is InChI=1S/C15H19N3O2/c1-9(2)11(8-16)15-17-14(18-20-15)13-7-10-5-3-4-6-12(10)19-13/h3-6,9,11,13H,7-8,16H2,1-2H3. The van der Waals surface area contributed by atoms with Crippen molar-refractivity contribution in [2.24, 2.45) is 11.7 Å². The van der Waals surface area contributed by atoms with Gasteiger partial charge in [0.15, 0.2) is 6.10 Å². The second-order valence-electron chi connectivity index (χ2n) is 5.50. The smallest absolute Gasteiger partial charge is 0.231 e. The lowest BCUT2D eigenvalue weighted by Crippen LogP contribution is -2.18. The van der Waals surface area contributed by atoms with E-state index >= 15 is 0 Å². The Bertz CT molecular complexity index is 569. The highest BCUT2D eigenvalue weighted by molar-refractivity contribution is 5.37. The Kier molecular flexibility index (Phi) is 3.44. The first kappa shape index (κ1) is 13.1. The zero-order valence-corrected chi connectivity index (χ0v) is 11.7. The van der Waals surface area contributed by atoms with Gasteiger partial charge in [0.2, 0.25) is 11.7 Å². The van der Waals surface area contributed by atoms with Crippen LogP contribution >= 0.6 is 0 Å². The van der Waals surface area contributed by atoms with Gasteiger partial charge in [-0.05, 0) is 17.5 Å². The van der Waals surface area contributed by atoms with Crippen LogP contribution in [0.25, 0.3) is 0 Å². The number of nitrogens with zero attached hydrogens (tertiary/aromatic N) is 2. The van der Waals surface area contributed by atoms with E-state index in [1.807, 2.05) is 18.2 Å². The van der Waals surface area contributed by atoms with Gasteiger partial charge in [-0.3, -0.25) is 0 Å². The van der Waals surface area contributed by atoms with Gasteiger partial charge in [0.25, 0.3) is 0 Å². The topological polar surface area (TPSA) is 74.2 Å². The third kappa shape index (κ3) is 2.29. The largest absolute Gasteiger partial charge is 0.482 e. The molecule has 2 heterocycles. The second-order valence-corrected chi connectivity index (χ2v) is 5.50. The summed E-state index contributed by atoms with van der Waals surface area (Å²) in [7, 11) is 0. The number of hydrogen-bond donors (Lipinski definition) is 1. The summed E-state index contributed by atoms with van der Waals surface area (Å²) in [5, 5.41) is 4.07. The molecule has 2 aromatic rings. The third-order valence-electron chi connectivity index (χ3n) is 3.77. The SMILES string of the molecule is CC(C)C(CN)c1nc(C2Cc3ccccc3O2)no1. The predicted molar refractivity (Wildman–Crippen MR) is 74.4 cm³/mol. The highest BCUT2D eigenvalue weighted by Crippen LogP contribution is 2.35. The van der Waals surface area contributed by atoms with Crippen LogP contribution in [0, 0.1) is 5.92 Å². The Morgan fingerprint density at radius 2 is 2.15 bits per heavy atom. The summed E-state index contributed by atoms with van der Waals surface area (Å²) in [4.78, 5) is 4.48. The van der Waals surface area contributed by atoms with Crippen LogP contribution in [0.1, 0.15) is 43.1 Å². The molecular weight excluding hydrogens is 254 g/mol. The summed E-state index contributed by atoms with van der Waals surface area (Å²) < 4.78 is 11.2. The highest BCUT2D eigenvalue weighted by atomic mass is 16.5. The van der Waals surface area contributed by atoms with Crippen LogP contribution in [0.4, 0.5) is 0 Å². The molecule has 1 aliphatic rings. The summed E-state index contributed by atoms with van der Waals surface area (Å²) in [6.45, 7) is 4.71. The Labute approximate surface area is 118 Å². The van der Waals surface area contributed by atoms with Crippen molar-refractivity contribution >= 4 is 0 Å². The van der Waals surface area contributed by atoms with Crippen molar-refractivity contribution in [3.05, 3.63) is 41.5 Å². The summed E-state index contributed by atoms with van der Waals surface area (Å²) in [6.07, 6.45) is 0.625. The van der Waals surface area contributed by atoms with E-state index in [0.717, 1.165) is 12.2 Å². The first-order valence-electron chi connectivity index (χ1n) is 6.97. The van der Waals surface area contributed by atoms with Gasteiger partial charge in [0.05, 0.1) is 5.92 Å². The molecule has 3 rings (SSSR count). The molecule has 0 spiro atoms. The molecule has 2 atom stereocenters. The normalized spacial score (nSPS) is 18.9. The van der Waals surface area contributed by atoms with Gasteiger partial charge in [0.1, 0.15) is 5.75 Å². The van der Waals surface area contributed by atoms with Crippen LogP contribution in [0.5, 0.6) is 5.75 Å². The lowest BCUT2D eigenvalue weighted by atomic mass is 9.96. The van der Waals surface area contributed by atoms with E-state index in [9.17, 15) is 0 Å². The Morgan fingerprint density at radius 1 is 1.35 bits per heavy atom. The molecule has 5 nitrogen and oxygen atoms in total. The van der Waals surface area contributed by atoms with Crippen LogP contribution in [-0.2, 0) is 6.42 Å². The summed E-state index contributed by atoms with van der Waals surface area (Å²) in [5.74, 6) is 2.59. The van der Waals surface area contributed by atoms with E-state index in [0.29, 0.717) is 24.2 Å². The zero-order valence-electron chi connectivity index (χ0n) is 11.7. The fourth-order valence-corrected chi connectivity index (χ4v) is 2.51.